The summed E-state index contributed by atoms with van der Waals surface area (Å²) in [7, 11) is 1.63. The summed E-state index contributed by atoms with van der Waals surface area (Å²) in [4.78, 5) is 15.7. The molecule has 0 spiro atoms. The van der Waals surface area contributed by atoms with Crippen molar-refractivity contribution in [1.29, 1.82) is 0 Å². The van der Waals surface area contributed by atoms with Crippen molar-refractivity contribution < 1.29 is 14.3 Å². The SMILES string of the molecule is COc1ccc(COCC(=O)Cc2ccncc2)cc1. The number of benzene rings is 1. The molecule has 104 valence electrons. The Bertz CT molecular complexity index is 537. The van der Waals surface area contributed by atoms with Gasteiger partial charge in [0.1, 0.15) is 12.4 Å². The molecule has 0 aliphatic carbocycles. The zero-order valence-electron chi connectivity index (χ0n) is 11.4. The Labute approximate surface area is 118 Å². The lowest BCUT2D eigenvalue weighted by Gasteiger charge is -2.05. The van der Waals surface area contributed by atoms with Crippen molar-refractivity contribution in [3.8, 4) is 5.75 Å². The number of rotatable bonds is 7. The second kappa shape index (κ2) is 7.40. The van der Waals surface area contributed by atoms with Gasteiger partial charge in [0, 0.05) is 18.8 Å². The number of ketones is 1. The normalized spacial score (nSPS) is 10.2. The lowest BCUT2D eigenvalue weighted by atomic mass is 10.1. The largest absolute Gasteiger partial charge is 0.497 e. The molecular weight excluding hydrogens is 254 g/mol. The first kappa shape index (κ1) is 14.2. The van der Waals surface area contributed by atoms with E-state index in [0.29, 0.717) is 13.0 Å². The molecule has 0 bridgehead atoms. The van der Waals surface area contributed by atoms with Crippen LogP contribution < -0.4 is 4.74 Å². The summed E-state index contributed by atoms with van der Waals surface area (Å²) in [5.74, 6) is 0.868. The smallest absolute Gasteiger partial charge is 0.162 e. The standard InChI is InChI=1S/C16H17NO3/c1-19-16-4-2-14(3-5-16)11-20-12-15(18)10-13-6-8-17-9-7-13/h2-9H,10-12H2,1H3. The minimum Gasteiger partial charge on any atom is -0.497 e. The van der Waals surface area contributed by atoms with Gasteiger partial charge in [-0.2, -0.15) is 0 Å². The minimum atomic E-state index is 0.0599. The first-order valence-corrected chi connectivity index (χ1v) is 6.39. The highest BCUT2D eigenvalue weighted by molar-refractivity contribution is 5.81. The first-order chi connectivity index (χ1) is 9.78. The molecular formula is C16H17NO3. The fourth-order valence-corrected chi connectivity index (χ4v) is 1.78. The number of Topliss-reactive ketones (excluding diaryl/α,β-unsaturated/α-hetero) is 1. The minimum absolute atomic E-state index is 0.0599. The highest BCUT2D eigenvalue weighted by atomic mass is 16.5. The van der Waals surface area contributed by atoms with Crippen LogP contribution in [-0.4, -0.2) is 24.5 Å². The van der Waals surface area contributed by atoms with Crippen molar-refractivity contribution >= 4 is 5.78 Å². The number of aromatic nitrogens is 1. The number of carbonyl (C=O) groups excluding carboxylic acids is 1. The van der Waals surface area contributed by atoms with E-state index < -0.39 is 0 Å². The zero-order chi connectivity index (χ0) is 14.2. The Morgan fingerprint density at radius 3 is 2.40 bits per heavy atom. The van der Waals surface area contributed by atoms with Crippen molar-refractivity contribution in [3.05, 3.63) is 59.9 Å². The molecule has 4 nitrogen and oxygen atoms in total. The van der Waals surface area contributed by atoms with E-state index in [0.717, 1.165) is 16.9 Å². The highest BCUT2D eigenvalue weighted by Crippen LogP contribution is 2.11. The topological polar surface area (TPSA) is 48.4 Å². The van der Waals surface area contributed by atoms with Gasteiger partial charge in [-0.25, -0.2) is 0 Å². The van der Waals surface area contributed by atoms with Gasteiger partial charge in [0.25, 0.3) is 0 Å². The van der Waals surface area contributed by atoms with Crippen LogP contribution in [0.2, 0.25) is 0 Å². The van der Waals surface area contributed by atoms with Gasteiger partial charge >= 0.3 is 0 Å². The average Bonchev–Trinajstić information content (AvgIpc) is 2.49. The predicted molar refractivity (Wildman–Crippen MR) is 75.6 cm³/mol. The Morgan fingerprint density at radius 1 is 1.05 bits per heavy atom. The Balaban J connectivity index is 1.73. The van der Waals surface area contributed by atoms with E-state index in [1.165, 1.54) is 0 Å². The van der Waals surface area contributed by atoms with Gasteiger partial charge < -0.3 is 9.47 Å². The summed E-state index contributed by atoms with van der Waals surface area (Å²) in [5, 5.41) is 0. The van der Waals surface area contributed by atoms with E-state index in [1.54, 1.807) is 19.5 Å². The number of hydrogen-bond acceptors (Lipinski definition) is 4. The van der Waals surface area contributed by atoms with E-state index in [-0.39, 0.29) is 12.4 Å². The molecule has 0 atom stereocenters. The fraction of sp³-hybridized carbons (Fsp3) is 0.250. The van der Waals surface area contributed by atoms with Crippen LogP contribution in [0.5, 0.6) is 5.75 Å². The molecule has 0 radical (unpaired) electrons. The monoisotopic (exact) mass is 271 g/mol. The third-order valence-corrected chi connectivity index (χ3v) is 2.84. The van der Waals surface area contributed by atoms with E-state index in [9.17, 15) is 4.79 Å². The number of hydrogen-bond donors (Lipinski definition) is 0. The molecule has 1 aromatic carbocycles. The van der Waals surface area contributed by atoms with Crippen molar-refractivity contribution in [3.63, 3.8) is 0 Å². The Morgan fingerprint density at radius 2 is 1.75 bits per heavy atom. The second-order valence-corrected chi connectivity index (χ2v) is 4.41. The molecule has 0 amide bonds. The number of carbonyl (C=O) groups is 1. The third kappa shape index (κ3) is 4.48. The van der Waals surface area contributed by atoms with Gasteiger partial charge in [0.05, 0.1) is 13.7 Å². The lowest BCUT2D eigenvalue weighted by Crippen LogP contribution is -2.11. The molecule has 20 heavy (non-hydrogen) atoms. The first-order valence-electron chi connectivity index (χ1n) is 6.39. The molecule has 0 saturated heterocycles. The number of methoxy groups -OCH3 is 1. The Kier molecular flexibility index (Phi) is 5.26. The summed E-state index contributed by atoms with van der Waals surface area (Å²) in [6.45, 7) is 0.542. The van der Waals surface area contributed by atoms with Crippen LogP contribution in [0, 0.1) is 0 Å². The molecule has 4 heteroatoms. The van der Waals surface area contributed by atoms with Crippen LogP contribution in [-0.2, 0) is 22.6 Å². The number of nitrogens with zero attached hydrogens (tertiary/aromatic N) is 1. The van der Waals surface area contributed by atoms with Gasteiger partial charge in [-0.3, -0.25) is 9.78 Å². The van der Waals surface area contributed by atoms with Crippen LogP contribution in [0.15, 0.2) is 48.8 Å². The van der Waals surface area contributed by atoms with E-state index in [4.69, 9.17) is 9.47 Å². The quantitative estimate of drug-likeness (QED) is 0.776. The maximum Gasteiger partial charge on any atom is 0.162 e. The van der Waals surface area contributed by atoms with Crippen LogP contribution in [0.3, 0.4) is 0 Å². The second-order valence-electron chi connectivity index (χ2n) is 4.41. The van der Waals surface area contributed by atoms with Crippen LogP contribution in [0.25, 0.3) is 0 Å². The van der Waals surface area contributed by atoms with Crippen molar-refractivity contribution in [2.75, 3.05) is 13.7 Å². The van der Waals surface area contributed by atoms with Crippen molar-refractivity contribution in [2.45, 2.75) is 13.0 Å². The van der Waals surface area contributed by atoms with Crippen molar-refractivity contribution in [1.82, 2.24) is 4.98 Å². The van der Waals surface area contributed by atoms with E-state index >= 15 is 0 Å². The molecule has 0 unspecified atom stereocenters. The van der Waals surface area contributed by atoms with E-state index in [2.05, 4.69) is 4.98 Å². The molecule has 0 aliphatic rings. The maximum absolute atomic E-state index is 11.7. The Hall–Kier alpha value is -2.20. The molecule has 2 aromatic rings. The molecule has 1 heterocycles. The van der Waals surface area contributed by atoms with E-state index in [1.807, 2.05) is 36.4 Å². The molecule has 1 aromatic heterocycles. The summed E-state index contributed by atoms with van der Waals surface area (Å²) in [6, 6.07) is 11.3. The van der Waals surface area contributed by atoms with Gasteiger partial charge in [0.15, 0.2) is 5.78 Å². The summed E-state index contributed by atoms with van der Waals surface area (Å²) in [6.07, 6.45) is 3.74. The van der Waals surface area contributed by atoms with Crippen LogP contribution in [0.1, 0.15) is 11.1 Å². The molecule has 0 fully saturated rings. The molecule has 0 saturated carbocycles. The maximum atomic E-state index is 11.7. The summed E-state index contributed by atoms with van der Waals surface area (Å²) < 4.78 is 10.5. The summed E-state index contributed by atoms with van der Waals surface area (Å²) >= 11 is 0. The predicted octanol–water partition coefficient (Wildman–Crippen LogP) is 2.42. The number of ether oxygens (including phenoxy) is 2. The molecule has 0 aliphatic heterocycles. The average molecular weight is 271 g/mol. The van der Waals surface area contributed by atoms with Crippen LogP contribution >= 0.6 is 0 Å². The van der Waals surface area contributed by atoms with Crippen LogP contribution in [0.4, 0.5) is 0 Å². The van der Waals surface area contributed by atoms with Gasteiger partial charge in [0.2, 0.25) is 0 Å². The lowest BCUT2D eigenvalue weighted by molar-refractivity contribution is -0.123. The van der Waals surface area contributed by atoms with Gasteiger partial charge in [-0.05, 0) is 35.4 Å². The highest BCUT2D eigenvalue weighted by Gasteiger charge is 2.04. The zero-order valence-corrected chi connectivity index (χ0v) is 11.4. The number of pyridine rings is 1. The molecule has 2 rings (SSSR count). The fourth-order valence-electron chi connectivity index (χ4n) is 1.78. The third-order valence-electron chi connectivity index (χ3n) is 2.84. The molecule has 0 N–H and O–H groups in total. The van der Waals surface area contributed by atoms with Gasteiger partial charge in [-0.15, -0.1) is 0 Å². The summed E-state index contributed by atoms with van der Waals surface area (Å²) in [5.41, 5.74) is 1.97. The van der Waals surface area contributed by atoms with Gasteiger partial charge in [-0.1, -0.05) is 12.1 Å². The van der Waals surface area contributed by atoms with Crippen molar-refractivity contribution in [2.24, 2.45) is 0 Å².